The molecule has 0 aliphatic carbocycles. The average Bonchev–Trinajstić information content (AvgIpc) is 2.45. The number of fused-ring (bicyclic) bond motifs is 1. The fraction of sp³-hybridized carbons (Fsp3) is 0.273. The Hall–Kier alpha value is -1.42. The highest BCUT2D eigenvalue weighted by Crippen LogP contribution is 2.16. The molecule has 0 aliphatic heterocycles. The zero-order chi connectivity index (χ0) is 11.0. The summed E-state index contributed by atoms with van der Waals surface area (Å²) in [6, 6.07) is 1.97. The van der Waals surface area contributed by atoms with E-state index < -0.39 is 0 Å². The SMILES string of the molecule is C=C(C)Cn1c(=S)[nH]c2c(C)ccnc21. The van der Waals surface area contributed by atoms with E-state index in [4.69, 9.17) is 12.2 Å². The van der Waals surface area contributed by atoms with Gasteiger partial charge in [0.15, 0.2) is 10.4 Å². The molecular weight excluding hydrogens is 206 g/mol. The van der Waals surface area contributed by atoms with Crippen molar-refractivity contribution in [3.63, 3.8) is 0 Å². The van der Waals surface area contributed by atoms with Gasteiger partial charge >= 0.3 is 0 Å². The van der Waals surface area contributed by atoms with Crippen LogP contribution in [0.1, 0.15) is 12.5 Å². The molecule has 2 rings (SSSR count). The predicted octanol–water partition coefficient (Wildman–Crippen LogP) is 2.98. The Morgan fingerprint density at radius 2 is 2.40 bits per heavy atom. The number of pyridine rings is 1. The molecule has 0 fully saturated rings. The summed E-state index contributed by atoms with van der Waals surface area (Å²) in [6.45, 7) is 8.63. The summed E-state index contributed by atoms with van der Waals surface area (Å²) in [7, 11) is 0. The summed E-state index contributed by atoms with van der Waals surface area (Å²) in [5, 5.41) is 0. The first kappa shape index (κ1) is 10.1. The molecule has 4 heteroatoms. The number of H-pyrrole nitrogens is 1. The molecule has 0 unspecified atom stereocenters. The molecule has 2 aromatic heterocycles. The van der Waals surface area contributed by atoms with Crippen molar-refractivity contribution in [3.05, 3.63) is 34.7 Å². The van der Waals surface area contributed by atoms with Crippen molar-refractivity contribution in [1.82, 2.24) is 14.5 Å². The van der Waals surface area contributed by atoms with Gasteiger partial charge in [0.05, 0.1) is 5.52 Å². The van der Waals surface area contributed by atoms with Crippen molar-refractivity contribution in [1.29, 1.82) is 0 Å². The largest absolute Gasteiger partial charge is 0.329 e. The van der Waals surface area contributed by atoms with E-state index in [1.807, 2.05) is 24.5 Å². The van der Waals surface area contributed by atoms with Crippen molar-refractivity contribution in [2.75, 3.05) is 0 Å². The number of imidazole rings is 1. The third kappa shape index (κ3) is 1.72. The summed E-state index contributed by atoms with van der Waals surface area (Å²) in [6.07, 6.45) is 1.80. The second kappa shape index (κ2) is 3.62. The Balaban J connectivity index is 2.74. The Morgan fingerprint density at radius 3 is 3.07 bits per heavy atom. The van der Waals surface area contributed by atoms with Gasteiger partial charge in [0.1, 0.15) is 0 Å². The Bertz CT molecular complexity index is 577. The maximum Gasteiger partial charge on any atom is 0.179 e. The first-order valence-electron chi connectivity index (χ1n) is 4.78. The van der Waals surface area contributed by atoms with Crippen LogP contribution in [0.4, 0.5) is 0 Å². The van der Waals surface area contributed by atoms with Crippen LogP contribution in [0.3, 0.4) is 0 Å². The van der Waals surface area contributed by atoms with Crippen LogP contribution in [0.5, 0.6) is 0 Å². The van der Waals surface area contributed by atoms with Crippen LogP contribution in [0.25, 0.3) is 11.2 Å². The van der Waals surface area contributed by atoms with Gasteiger partial charge in [0.2, 0.25) is 0 Å². The maximum absolute atomic E-state index is 5.26. The van der Waals surface area contributed by atoms with Crippen LogP contribution >= 0.6 is 12.2 Å². The molecule has 2 aromatic rings. The smallest absolute Gasteiger partial charge is 0.179 e. The number of aromatic nitrogens is 3. The lowest BCUT2D eigenvalue weighted by Crippen LogP contribution is -1.99. The van der Waals surface area contributed by atoms with Gasteiger partial charge in [-0.3, -0.25) is 4.57 Å². The number of hydrogen-bond donors (Lipinski definition) is 1. The van der Waals surface area contributed by atoms with Crippen LogP contribution in [0.15, 0.2) is 24.4 Å². The number of rotatable bonds is 2. The average molecular weight is 219 g/mol. The second-order valence-corrected chi connectivity index (χ2v) is 4.19. The molecule has 3 nitrogen and oxygen atoms in total. The number of allylic oxidation sites excluding steroid dienone is 1. The molecule has 2 heterocycles. The van der Waals surface area contributed by atoms with E-state index in [1.165, 1.54) is 0 Å². The van der Waals surface area contributed by atoms with E-state index >= 15 is 0 Å². The predicted molar refractivity (Wildman–Crippen MR) is 64.5 cm³/mol. The fourth-order valence-corrected chi connectivity index (χ4v) is 1.84. The van der Waals surface area contributed by atoms with E-state index in [2.05, 4.69) is 16.5 Å². The van der Waals surface area contributed by atoms with E-state index in [1.54, 1.807) is 6.20 Å². The van der Waals surface area contributed by atoms with Crippen molar-refractivity contribution >= 4 is 23.4 Å². The minimum absolute atomic E-state index is 0.704. The molecule has 0 spiro atoms. The molecule has 0 bridgehead atoms. The minimum Gasteiger partial charge on any atom is -0.329 e. The maximum atomic E-state index is 5.26. The second-order valence-electron chi connectivity index (χ2n) is 3.80. The molecule has 0 amide bonds. The van der Waals surface area contributed by atoms with Crippen LogP contribution in [0, 0.1) is 11.7 Å². The Morgan fingerprint density at radius 1 is 1.67 bits per heavy atom. The number of nitrogens with zero attached hydrogens (tertiary/aromatic N) is 2. The Kier molecular flexibility index (Phi) is 2.44. The van der Waals surface area contributed by atoms with Gasteiger partial charge in [-0.05, 0) is 37.7 Å². The van der Waals surface area contributed by atoms with E-state index in [9.17, 15) is 0 Å². The van der Waals surface area contributed by atoms with E-state index in [0.29, 0.717) is 4.77 Å². The quantitative estimate of drug-likeness (QED) is 0.622. The molecule has 0 saturated heterocycles. The highest BCUT2D eigenvalue weighted by Gasteiger charge is 2.06. The van der Waals surface area contributed by atoms with Gasteiger partial charge in [-0.1, -0.05) is 12.2 Å². The summed E-state index contributed by atoms with van der Waals surface area (Å²) in [5.41, 5.74) is 4.15. The van der Waals surface area contributed by atoms with Crippen molar-refractivity contribution in [2.24, 2.45) is 0 Å². The normalized spacial score (nSPS) is 10.8. The summed E-state index contributed by atoms with van der Waals surface area (Å²) in [4.78, 5) is 7.51. The lowest BCUT2D eigenvalue weighted by atomic mass is 10.3. The first-order valence-corrected chi connectivity index (χ1v) is 5.19. The molecule has 0 aliphatic rings. The highest BCUT2D eigenvalue weighted by atomic mass is 32.1. The van der Waals surface area contributed by atoms with E-state index in [-0.39, 0.29) is 0 Å². The van der Waals surface area contributed by atoms with Gasteiger partial charge in [-0.2, -0.15) is 0 Å². The topological polar surface area (TPSA) is 33.6 Å². The molecule has 0 atom stereocenters. The Labute approximate surface area is 93.5 Å². The summed E-state index contributed by atoms with van der Waals surface area (Å²) in [5.74, 6) is 0. The first-order chi connectivity index (χ1) is 7.09. The minimum atomic E-state index is 0.704. The van der Waals surface area contributed by atoms with Crippen molar-refractivity contribution in [3.8, 4) is 0 Å². The third-order valence-corrected chi connectivity index (χ3v) is 2.62. The van der Waals surface area contributed by atoms with Crippen molar-refractivity contribution < 1.29 is 0 Å². The summed E-state index contributed by atoms with van der Waals surface area (Å²) < 4.78 is 2.68. The van der Waals surface area contributed by atoms with Crippen LogP contribution in [-0.4, -0.2) is 14.5 Å². The van der Waals surface area contributed by atoms with Gasteiger partial charge in [0.25, 0.3) is 0 Å². The standard InChI is InChI=1S/C11H13N3S/c1-7(2)6-14-10-9(13-11(14)15)8(3)4-5-12-10/h4-5H,1,6H2,2-3H3,(H,13,15). The number of aromatic amines is 1. The number of nitrogens with one attached hydrogen (secondary N) is 1. The van der Waals surface area contributed by atoms with Crippen LogP contribution in [-0.2, 0) is 6.54 Å². The van der Waals surface area contributed by atoms with Crippen LogP contribution in [0.2, 0.25) is 0 Å². The fourth-order valence-electron chi connectivity index (χ4n) is 1.59. The van der Waals surface area contributed by atoms with Gasteiger partial charge in [0, 0.05) is 12.7 Å². The third-order valence-electron chi connectivity index (χ3n) is 2.30. The van der Waals surface area contributed by atoms with Gasteiger partial charge in [-0.25, -0.2) is 4.98 Å². The zero-order valence-corrected chi connectivity index (χ0v) is 9.69. The molecule has 0 aromatic carbocycles. The van der Waals surface area contributed by atoms with Crippen LogP contribution < -0.4 is 0 Å². The highest BCUT2D eigenvalue weighted by molar-refractivity contribution is 7.71. The number of aryl methyl sites for hydroxylation is 1. The zero-order valence-electron chi connectivity index (χ0n) is 8.87. The molecule has 1 N–H and O–H groups in total. The van der Waals surface area contributed by atoms with Gasteiger partial charge in [-0.15, -0.1) is 0 Å². The summed E-state index contributed by atoms with van der Waals surface area (Å²) >= 11 is 5.26. The van der Waals surface area contributed by atoms with E-state index in [0.717, 1.165) is 28.8 Å². The van der Waals surface area contributed by atoms with Crippen molar-refractivity contribution in [2.45, 2.75) is 20.4 Å². The number of hydrogen-bond acceptors (Lipinski definition) is 2. The molecule has 78 valence electrons. The molecule has 0 radical (unpaired) electrons. The lowest BCUT2D eigenvalue weighted by Gasteiger charge is -2.02. The lowest BCUT2D eigenvalue weighted by molar-refractivity contribution is 0.788. The van der Waals surface area contributed by atoms with Gasteiger partial charge < -0.3 is 4.98 Å². The monoisotopic (exact) mass is 219 g/mol. The molecular formula is C11H13N3S. The molecule has 0 saturated carbocycles. The molecule has 15 heavy (non-hydrogen) atoms.